The number of benzene rings is 2. The van der Waals surface area contributed by atoms with Gasteiger partial charge in [0.05, 0.1) is 5.92 Å². The number of carbonyl (C=O) groups is 1. The Balaban J connectivity index is 1.41. The van der Waals surface area contributed by atoms with Crippen LogP contribution in [0.25, 0.3) is 0 Å². The molecule has 1 aliphatic heterocycles. The van der Waals surface area contributed by atoms with Gasteiger partial charge in [-0.2, -0.15) is 0 Å². The maximum Gasteiger partial charge on any atom is 0.230 e. The van der Waals surface area contributed by atoms with E-state index in [1.807, 2.05) is 24.3 Å². The van der Waals surface area contributed by atoms with Crippen molar-refractivity contribution in [3.8, 4) is 0 Å². The van der Waals surface area contributed by atoms with Gasteiger partial charge in [-0.3, -0.25) is 4.79 Å². The summed E-state index contributed by atoms with van der Waals surface area (Å²) in [5, 5.41) is 7.16. The Morgan fingerprint density at radius 1 is 0.909 bits per heavy atom. The van der Waals surface area contributed by atoms with Gasteiger partial charge >= 0.3 is 0 Å². The van der Waals surface area contributed by atoms with E-state index in [1.165, 1.54) is 18.4 Å². The van der Waals surface area contributed by atoms with Crippen LogP contribution in [0.1, 0.15) is 56.6 Å². The van der Waals surface area contributed by atoms with E-state index >= 15 is 0 Å². The highest BCUT2D eigenvalue weighted by molar-refractivity contribution is 5.84. The third kappa shape index (κ3) is 8.94. The molecule has 1 unspecified atom stereocenters. The van der Waals surface area contributed by atoms with Gasteiger partial charge in [-0.25, -0.2) is 0 Å². The molecule has 2 aromatic rings. The topological polar surface area (TPSA) is 44.4 Å². The third-order valence-electron chi connectivity index (χ3n) is 6.65. The summed E-state index contributed by atoms with van der Waals surface area (Å²) < 4.78 is 0. The van der Waals surface area contributed by atoms with Crippen molar-refractivity contribution in [2.75, 3.05) is 39.3 Å². The summed E-state index contributed by atoms with van der Waals surface area (Å²) in [5.41, 5.74) is 2.34. The zero-order valence-corrected chi connectivity index (χ0v) is 20.6. The highest BCUT2D eigenvalue weighted by atomic mass is 16.2. The molecule has 0 aliphatic carbocycles. The Hall–Kier alpha value is -2.17. The lowest BCUT2D eigenvalue weighted by atomic mass is 9.89. The number of piperidine rings is 1. The number of hydrogen-bond acceptors (Lipinski definition) is 3. The molecule has 2 aromatic carbocycles. The quantitative estimate of drug-likeness (QED) is 0.429. The van der Waals surface area contributed by atoms with E-state index in [2.05, 4.69) is 65.8 Å². The summed E-state index contributed by atoms with van der Waals surface area (Å²) >= 11 is 0. The molecule has 1 heterocycles. The molecule has 1 saturated heterocycles. The molecule has 0 aromatic heterocycles. The summed E-state index contributed by atoms with van der Waals surface area (Å²) in [4.78, 5) is 15.7. The Morgan fingerprint density at radius 3 is 2.15 bits per heavy atom. The summed E-state index contributed by atoms with van der Waals surface area (Å²) in [7, 11) is 0. The van der Waals surface area contributed by atoms with Crippen molar-refractivity contribution in [1.29, 1.82) is 0 Å². The summed E-state index contributed by atoms with van der Waals surface area (Å²) in [6.45, 7) is 10.7. The SMILES string of the molecule is CC(C)CNCCCCNCC1CCN(C(=O)C(Cc2ccccc2)c2ccccc2)CC1. The molecule has 1 amide bonds. The lowest BCUT2D eigenvalue weighted by Gasteiger charge is -2.34. The Labute approximate surface area is 201 Å². The van der Waals surface area contributed by atoms with Crippen LogP contribution in [0.3, 0.4) is 0 Å². The number of carbonyl (C=O) groups excluding carboxylic acids is 1. The molecule has 0 saturated carbocycles. The molecular formula is C29H43N3O. The minimum atomic E-state index is -0.104. The first-order chi connectivity index (χ1) is 16.1. The van der Waals surface area contributed by atoms with Crippen LogP contribution in [0.4, 0.5) is 0 Å². The Bertz CT molecular complexity index is 785. The molecule has 2 N–H and O–H groups in total. The number of unbranched alkanes of at least 4 members (excludes halogenated alkanes) is 1. The first-order valence-electron chi connectivity index (χ1n) is 12.9. The number of nitrogens with one attached hydrogen (secondary N) is 2. The second-order valence-electron chi connectivity index (χ2n) is 9.93. The normalized spacial score (nSPS) is 15.7. The molecule has 0 spiro atoms. The van der Waals surface area contributed by atoms with Crippen molar-refractivity contribution in [2.24, 2.45) is 11.8 Å². The maximum absolute atomic E-state index is 13.5. The standard InChI is InChI=1S/C29H43N3O/c1-24(2)22-30-17-9-10-18-31-23-26-15-19-32(20-16-26)29(33)28(27-13-7-4-8-14-27)21-25-11-5-3-6-12-25/h3-8,11-14,24,26,28,30-31H,9-10,15-23H2,1-2H3. The number of nitrogens with zero attached hydrogens (tertiary/aromatic N) is 1. The van der Waals surface area contributed by atoms with Crippen molar-refractivity contribution in [1.82, 2.24) is 15.5 Å². The number of rotatable bonds is 13. The van der Waals surface area contributed by atoms with Gasteiger partial charge in [-0.1, -0.05) is 74.5 Å². The number of likely N-dealkylation sites (tertiary alicyclic amines) is 1. The van der Waals surface area contributed by atoms with Crippen LogP contribution in [-0.4, -0.2) is 50.1 Å². The first kappa shape index (κ1) is 25.5. The molecule has 1 aliphatic rings. The van der Waals surface area contributed by atoms with E-state index < -0.39 is 0 Å². The van der Waals surface area contributed by atoms with Crippen molar-refractivity contribution in [2.45, 2.75) is 51.9 Å². The molecule has 33 heavy (non-hydrogen) atoms. The Kier molecular flexibility index (Phi) is 10.9. The van der Waals surface area contributed by atoms with Gasteiger partial charge < -0.3 is 15.5 Å². The average molecular weight is 450 g/mol. The minimum Gasteiger partial charge on any atom is -0.342 e. The van der Waals surface area contributed by atoms with Crippen LogP contribution in [-0.2, 0) is 11.2 Å². The molecule has 180 valence electrons. The summed E-state index contributed by atoms with van der Waals surface area (Å²) in [5.74, 6) is 1.58. The Morgan fingerprint density at radius 2 is 1.52 bits per heavy atom. The highest BCUT2D eigenvalue weighted by Gasteiger charge is 2.29. The largest absolute Gasteiger partial charge is 0.342 e. The van der Waals surface area contributed by atoms with Gasteiger partial charge in [0.1, 0.15) is 0 Å². The van der Waals surface area contributed by atoms with E-state index in [-0.39, 0.29) is 11.8 Å². The zero-order valence-electron chi connectivity index (χ0n) is 20.6. The smallest absolute Gasteiger partial charge is 0.230 e. The second-order valence-corrected chi connectivity index (χ2v) is 9.93. The van der Waals surface area contributed by atoms with Gasteiger partial charge in [0.25, 0.3) is 0 Å². The van der Waals surface area contributed by atoms with Gasteiger partial charge in [0.2, 0.25) is 5.91 Å². The molecule has 3 rings (SSSR count). The molecular weight excluding hydrogens is 406 g/mol. The lowest BCUT2D eigenvalue weighted by Crippen LogP contribution is -2.43. The van der Waals surface area contributed by atoms with E-state index in [1.54, 1.807) is 0 Å². The molecule has 0 bridgehead atoms. The van der Waals surface area contributed by atoms with Crippen LogP contribution in [0.2, 0.25) is 0 Å². The van der Waals surface area contributed by atoms with Crippen molar-refractivity contribution in [3.63, 3.8) is 0 Å². The van der Waals surface area contributed by atoms with Gasteiger partial charge in [0.15, 0.2) is 0 Å². The maximum atomic E-state index is 13.5. The molecule has 4 heteroatoms. The van der Waals surface area contributed by atoms with Crippen LogP contribution in [0, 0.1) is 11.8 Å². The van der Waals surface area contributed by atoms with Gasteiger partial charge in [-0.05, 0) is 81.2 Å². The van der Waals surface area contributed by atoms with E-state index in [9.17, 15) is 4.79 Å². The molecule has 4 nitrogen and oxygen atoms in total. The predicted octanol–water partition coefficient (Wildman–Crippen LogP) is 4.87. The van der Waals surface area contributed by atoms with Crippen LogP contribution in [0.5, 0.6) is 0 Å². The lowest BCUT2D eigenvalue weighted by molar-refractivity contribution is -0.134. The number of hydrogen-bond donors (Lipinski definition) is 2. The first-order valence-corrected chi connectivity index (χ1v) is 12.9. The van der Waals surface area contributed by atoms with E-state index in [4.69, 9.17) is 0 Å². The van der Waals surface area contributed by atoms with Crippen LogP contribution < -0.4 is 10.6 Å². The minimum absolute atomic E-state index is 0.104. The van der Waals surface area contributed by atoms with Crippen molar-refractivity contribution < 1.29 is 4.79 Å². The van der Waals surface area contributed by atoms with Gasteiger partial charge in [-0.15, -0.1) is 0 Å². The summed E-state index contributed by atoms with van der Waals surface area (Å²) in [6, 6.07) is 20.7. The molecule has 0 radical (unpaired) electrons. The molecule has 1 fully saturated rings. The number of amides is 1. The average Bonchev–Trinajstić information content (AvgIpc) is 2.85. The fourth-order valence-corrected chi connectivity index (χ4v) is 4.66. The van der Waals surface area contributed by atoms with Crippen molar-refractivity contribution >= 4 is 5.91 Å². The fourth-order valence-electron chi connectivity index (χ4n) is 4.66. The van der Waals surface area contributed by atoms with E-state index in [0.717, 1.165) is 70.0 Å². The van der Waals surface area contributed by atoms with E-state index in [0.29, 0.717) is 5.92 Å². The molecule has 1 atom stereocenters. The third-order valence-corrected chi connectivity index (χ3v) is 6.65. The van der Waals surface area contributed by atoms with Crippen molar-refractivity contribution in [3.05, 3.63) is 71.8 Å². The van der Waals surface area contributed by atoms with Crippen LogP contribution >= 0.6 is 0 Å². The zero-order chi connectivity index (χ0) is 23.3. The summed E-state index contributed by atoms with van der Waals surface area (Å²) in [6.07, 6.45) is 5.41. The van der Waals surface area contributed by atoms with Gasteiger partial charge in [0, 0.05) is 13.1 Å². The fraction of sp³-hybridized carbons (Fsp3) is 0.552. The second kappa shape index (κ2) is 14.2. The predicted molar refractivity (Wildman–Crippen MR) is 138 cm³/mol. The van der Waals surface area contributed by atoms with Crippen LogP contribution in [0.15, 0.2) is 60.7 Å². The highest BCUT2D eigenvalue weighted by Crippen LogP contribution is 2.26. The monoisotopic (exact) mass is 449 g/mol.